The van der Waals surface area contributed by atoms with E-state index in [9.17, 15) is 13.2 Å². The summed E-state index contributed by atoms with van der Waals surface area (Å²) in [6.07, 6.45) is 0.663. The van der Waals surface area contributed by atoms with Crippen LogP contribution in [0.25, 0.3) is 0 Å². The van der Waals surface area contributed by atoms with E-state index in [1.807, 2.05) is 12.1 Å². The molecule has 1 aromatic carbocycles. The molecule has 0 aromatic heterocycles. The highest BCUT2D eigenvalue weighted by molar-refractivity contribution is 7.93. The van der Waals surface area contributed by atoms with Gasteiger partial charge in [0.2, 0.25) is 5.91 Å². The molecule has 24 heavy (non-hydrogen) atoms. The third-order valence-electron chi connectivity index (χ3n) is 4.53. The summed E-state index contributed by atoms with van der Waals surface area (Å²) in [6.45, 7) is 5.55. The van der Waals surface area contributed by atoms with Crippen molar-refractivity contribution < 1.29 is 22.7 Å². The van der Waals surface area contributed by atoms with E-state index in [4.69, 9.17) is 9.47 Å². The van der Waals surface area contributed by atoms with Gasteiger partial charge in [-0.05, 0) is 50.5 Å². The van der Waals surface area contributed by atoms with Gasteiger partial charge in [-0.15, -0.1) is 0 Å². The first-order valence-corrected chi connectivity index (χ1v) is 9.58. The zero-order valence-corrected chi connectivity index (χ0v) is 15.6. The molecule has 7 heteroatoms. The molecule has 1 aromatic rings. The lowest BCUT2D eigenvalue weighted by atomic mass is 9.98. The van der Waals surface area contributed by atoms with E-state index in [2.05, 4.69) is 0 Å². The lowest BCUT2D eigenvalue weighted by molar-refractivity contribution is -0.131. The molecule has 134 valence electrons. The number of nitrogens with zero attached hydrogens (tertiary/aromatic N) is 1. The summed E-state index contributed by atoms with van der Waals surface area (Å²) in [5, 5.41) is -1.60. The number of carbonyl (C=O) groups excluding carboxylic acids is 1. The fraction of sp³-hybridized carbons (Fsp3) is 0.588. The second kappa shape index (κ2) is 7.01. The van der Waals surface area contributed by atoms with Crippen LogP contribution in [0, 0.1) is 0 Å². The molecule has 1 heterocycles. The summed E-state index contributed by atoms with van der Waals surface area (Å²) in [4.78, 5) is 14.2. The Morgan fingerprint density at radius 2 is 1.62 bits per heavy atom. The van der Waals surface area contributed by atoms with Gasteiger partial charge in [-0.1, -0.05) is 0 Å². The number of carbonyl (C=O) groups is 1. The van der Waals surface area contributed by atoms with Crippen molar-refractivity contribution in [3.8, 4) is 11.5 Å². The zero-order chi connectivity index (χ0) is 18.1. The third kappa shape index (κ3) is 3.36. The first-order valence-electron chi connectivity index (χ1n) is 7.97. The van der Waals surface area contributed by atoms with E-state index in [0.717, 1.165) is 11.1 Å². The average molecular weight is 355 g/mol. The minimum absolute atomic E-state index is 0.343. The second-order valence-corrected chi connectivity index (χ2v) is 9.09. The van der Waals surface area contributed by atoms with Crippen LogP contribution in [0.5, 0.6) is 11.5 Å². The van der Waals surface area contributed by atoms with Gasteiger partial charge >= 0.3 is 0 Å². The molecule has 2 rings (SSSR count). The van der Waals surface area contributed by atoms with Crippen LogP contribution < -0.4 is 9.47 Å². The predicted molar refractivity (Wildman–Crippen MR) is 92.2 cm³/mol. The van der Waals surface area contributed by atoms with E-state index in [1.165, 1.54) is 6.92 Å². The summed E-state index contributed by atoms with van der Waals surface area (Å²) < 4.78 is 35.1. The maximum atomic E-state index is 12.6. The number of benzene rings is 1. The van der Waals surface area contributed by atoms with Gasteiger partial charge in [-0.3, -0.25) is 4.79 Å². The van der Waals surface area contributed by atoms with Gasteiger partial charge in [0.15, 0.2) is 21.3 Å². The van der Waals surface area contributed by atoms with Crippen LogP contribution >= 0.6 is 0 Å². The molecule has 1 aliphatic heterocycles. The van der Waals surface area contributed by atoms with Crippen molar-refractivity contribution >= 4 is 15.7 Å². The SMILES string of the molecule is COc1cc2c(cc1OC)CN(C(=O)C(C)S(=O)(=O)C(C)C)CC2. The highest BCUT2D eigenvalue weighted by Crippen LogP contribution is 2.33. The Hall–Kier alpha value is -1.76. The van der Waals surface area contributed by atoms with E-state index >= 15 is 0 Å². The quantitative estimate of drug-likeness (QED) is 0.805. The number of rotatable bonds is 5. The van der Waals surface area contributed by atoms with Crippen molar-refractivity contribution in [3.63, 3.8) is 0 Å². The highest BCUT2D eigenvalue weighted by Gasteiger charge is 2.35. The van der Waals surface area contributed by atoms with Crippen LogP contribution in [0.15, 0.2) is 12.1 Å². The molecule has 1 amide bonds. The standard InChI is InChI=1S/C17H25NO5S/c1-11(2)24(20,21)12(3)17(19)18-7-6-13-8-15(22-4)16(23-5)9-14(13)10-18/h8-9,11-12H,6-7,10H2,1-5H3. The Balaban J connectivity index is 2.25. The molecular formula is C17H25NO5S. The number of sulfone groups is 1. The molecule has 0 fully saturated rings. The minimum atomic E-state index is -3.46. The van der Waals surface area contributed by atoms with Gasteiger partial charge in [0.05, 0.1) is 19.5 Å². The number of methoxy groups -OCH3 is 2. The predicted octanol–water partition coefficient (Wildman–Crippen LogP) is 1.80. The molecule has 6 nitrogen and oxygen atoms in total. The van der Waals surface area contributed by atoms with Crippen LogP contribution in [-0.2, 0) is 27.6 Å². The lowest BCUT2D eigenvalue weighted by Gasteiger charge is -2.31. The van der Waals surface area contributed by atoms with E-state index in [-0.39, 0.29) is 5.91 Å². The van der Waals surface area contributed by atoms with Gasteiger partial charge in [0, 0.05) is 13.1 Å². The molecule has 1 unspecified atom stereocenters. The lowest BCUT2D eigenvalue weighted by Crippen LogP contribution is -2.45. The Bertz CT molecular complexity index is 727. The summed E-state index contributed by atoms with van der Waals surface area (Å²) >= 11 is 0. The first kappa shape index (κ1) is 18.6. The summed E-state index contributed by atoms with van der Waals surface area (Å²) in [6, 6.07) is 3.78. The fourth-order valence-corrected chi connectivity index (χ4v) is 4.12. The summed E-state index contributed by atoms with van der Waals surface area (Å²) in [5.41, 5.74) is 2.05. The Morgan fingerprint density at radius 1 is 1.08 bits per heavy atom. The smallest absolute Gasteiger partial charge is 0.240 e. The number of hydrogen-bond acceptors (Lipinski definition) is 5. The molecule has 1 aliphatic rings. The summed E-state index contributed by atoms with van der Waals surface area (Å²) in [7, 11) is -0.315. The van der Waals surface area contributed by atoms with Crippen molar-refractivity contribution in [3.05, 3.63) is 23.3 Å². The average Bonchev–Trinajstić information content (AvgIpc) is 2.58. The van der Waals surface area contributed by atoms with Crippen molar-refractivity contribution in [2.75, 3.05) is 20.8 Å². The van der Waals surface area contributed by atoms with Gasteiger partial charge < -0.3 is 14.4 Å². The largest absolute Gasteiger partial charge is 0.493 e. The van der Waals surface area contributed by atoms with E-state index < -0.39 is 20.3 Å². The third-order valence-corrected chi connectivity index (χ3v) is 7.03. The maximum Gasteiger partial charge on any atom is 0.240 e. The van der Waals surface area contributed by atoms with Crippen LogP contribution in [0.2, 0.25) is 0 Å². The monoisotopic (exact) mass is 355 g/mol. The fourth-order valence-electron chi connectivity index (χ4n) is 2.88. The highest BCUT2D eigenvalue weighted by atomic mass is 32.2. The maximum absolute atomic E-state index is 12.6. The van der Waals surface area contributed by atoms with Crippen molar-refractivity contribution in [1.82, 2.24) is 4.90 Å². The van der Waals surface area contributed by atoms with Gasteiger partial charge in [0.25, 0.3) is 0 Å². The minimum Gasteiger partial charge on any atom is -0.493 e. The molecule has 0 aliphatic carbocycles. The Labute approximate surface area is 143 Å². The summed E-state index contributed by atoms with van der Waals surface area (Å²) in [5.74, 6) is 0.921. The Kier molecular flexibility index (Phi) is 5.42. The van der Waals surface area contributed by atoms with Crippen molar-refractivity contribution in [2.24, 2.45) is 0 Å². The van der Waals surface area contributed by atoms with Gasteiger partial charge in [-0.25, -0.2) is 8.42 Å². The zero-order valence-electron chi connectivity index (χ0n) is 14.8. The number of amides is 1. The van der Waals surface area contributed by atoms with Crippen LogP contribution in [0.1, 0.15) is 31.9 Å². The van der Waals surface area contributed by atoms with Crippen molar-refractivity contribution in [2.45, 2.75) is 44.2 Å². The van der Waals surface area contributed by atoms with Crippen LogP contribution in [0.3, 0.4) is 0 Å². The molecule has 0 N–H and O–H groups in total. The molecule has 0 saturated carbocycles. The molecule has 1 atom stereocenters. The van der Waals surface area contributed by atoms with Gasteiger partial charge in [0.1, 0.15) is 5.25 Å². The van der Waals surface area contributed by atoms with Crippen molar-refractivity contribution in [1.29, 1.82) is 0 Å². The van der Waals surface area contributed by atoms with Crippen LogP contribution in [0.4, 0.5) is 0 Å². The van der Waals surface area contributed by atoms with E-state index in [0.29, 0.717) is 31.0 Å². The second-order valence-electron chi connectivity index (χ2n) is 6.27. The topological polar surface area (TPSA) is 72.9 Å². The normalized spacial score (nSPS) is 15.8. The number of hydrogen-bond donors (Lipinski definition) is 0. The molecule has 0 saturated heterocycles. The van der Waals surface area contributed by atoms with Gasteiger partial charge in [-0.2, -0.15) is 0 Å². The van der Waals surface area contributed by atoms with Crippen LogP contribution in [-0.4, -0.2) is 50.5 Å². The number of fused-ring (bicyclic) bond motifs is 1. The molecule has 0 spiro atoms. The first-order chi connectivity index (χ1) is 11.2. The Morgan fingerprint density at radius 3 is 2.12 bits per heavy atom. The molecule has 0 bridgehead atoms. The molecular weight excluding hydrogens is 330 g/mol. The molecule has 0 radical (unpaired) electrons. The van der Waals surface area contributed by atoms with E-state index in [1.54, 1.807) is 33.0 Å². The number of ether oxygens (including phenoxy) is 2.